The summed E-state index contributed by atoms with van der Waals surface area (Å²) in [6.45, 7) is 9.54. The third-order valence-corrected chi connectivity index (χ3v) is 4.64. The van der Waals surface area contributed by atoms with Crippen molar-refractivity contribution in [3.8, 4) is 0 Å². The molecule has 1 saturated heterocycles. The quantitative estimate of drug-likeness (QED) is 0.916. The van der Waals surface area contributed by atoms with Gasteiger partial charge >= 0.3 is 0 Å². The van der Waals surface area contributed by atoms with E-state index >= 15 is 0 Å². The molecule has 1 atom stereocenters. The second-order valence-corrected chi connectivity index (χ2v) is 6.31. The monoisotopic (exact) mass is 315 g/mol. The summed E-state index contributed by atoms with van der Waals surface area (Å²) < 4.78 is 5.24. The average molecular weight is 315 g/mol. The predicted molar refractivity (Wildman–Crippen MR) is 89.1 cm³/mol. The SMILES string of the molecule is Cc1noc(C)c1CN1CCN(C[C@H](O)c2ccccc2)CC1. The number of aryl methyl sites for hydroxylation is 2. The molecular formula is C18H25N3O2. The van der Waals surface area contributed by atoms with Crippen LogP contribution >= 0.6 is 0 Å². The lowest BCUT2D eigenvalue weighted by Crippen LogP contribution is -2.47. The van der Waals surface area contributed by atoms with Crippen LogP contribution in [-0.2, 0) is 6.54 Å². The van der Waals surface area contributed by atoms with E-state index in [1.54, 1.807) is 0 Å². The van der Waals surface area contributed by atoms with Gasteiger partial charge in [0, 0.05) is 44.8 Å². The van der Waals surface area contributed by atoms with Gasteiger partial charge in [0.25, 0.3) is 0 Å². The van der Waals surface area contributed by atoms with Gasteiger partial charge < -0.3 is 9.63 Å². The molecule has 5 heteroatoms. The van der Waals surface area contributed by atoms with Crippen molar-refractivity contribution in [3.63, 3.8) is 0 Å². The molecule has 0 bridgehead atoms. The number of hydrogen-bond acceptors (Lipinski definition) is 5. The minimum absolute atomic E-state index is 0.412. The Morgan fingerprint density at radius 2 is 1.74 bits per heavy atom. The van der Waals surface area contributed by atoms with Crippen LogP contribution in [0.15, 0.2) is 34.9 Å². The van der Waals surface area contributed by atoms with Crippen LogP contribution in [0.2, 0.25) is 0 Å². The molecule has 1 N–H and O–H groups in total. The Morgan fingerprint density at radius 1 is 1.09 bits per heavy atom. The number of aliphatic hydroxyl groups is 1. The van der Waals surface area contributed by atoms with Crippen molar-refractivity contribution in [1.29, 1.82) is 0 Å². The molecule has 0 unspecified atom stereocenters. The highest BCUT2D eigenvalue weighted by Crippen LogP contribution is 2.18. The van der Waals surface area contributed by atoms with Gasteiger partial charge in [-0.05, 0) is 19.4 Å². The molecule has 0 aliphatic carbocycles. The summed E-state index contributed by atoms with van der Waals surface area (Å²) in [5, 5.41) is 14.4. The first-order valence-electron chi connectivity index (χ1n) is 8.23. The predicted octanol–water partition coefficient (Wildman–Crippen LogP) is 2.14. The molecule has 1 aromatic heterocycles. The van der Waals surface area contributed by atoms with Crippen molar-refractivity contribution in [2.75, 3.05) is 32.7 Å². The zero-order chi connectivity index (χ0) is 16.2. The summed E-state index contributed by atoms with van der Waals surface area (Å²) >= 11 is 0. The standard InChI is InChI=1S/C18H25N3O2/c1-14-17(15(2)23-19-14)12-20-8-10-21(11-9-20)13-18(22)16-6-4-3-5-7-16/h3-7,18,22H,8-13H2,1-2H3/t18-/m0/s1. The number of rotatable bonds is 5. The van der Waals surface area contributed by atoms with Crippen molar-refractivity contribution in [2.45, 2.75) is 26.5 Å². The Morgan fingerprint density at radius 3 is 2.35 bits per heavy atom. The number of benzene rings is 1. The maximum absolute atomic E-state index is 10.3. The minimum Gasteiger partial charge on any atom is -0.387 e. The van der Waals surface area contributed by atoms with Crippen molar-refractivity contribution >= 4 is 0 Å². The molecule has 5 nitrogen and oxygen atoms in total. The fraction of sp³-hybridized carbons (Fsp3) is 0.500. The van der Waals surface area contributed by atoms with E-state index < -0.39 is 6.10 Å². The lowest BCUT2D eigenvalue weighted by molar-refractivity contribution is 0.0699. The molecule has 1 aromatic carbocycles. The highest BCUT2D eigenvalue weighted by atomic mass is 16.5. The summed E-state index contributed by atoms with van der Waals surface area (Å²) in [6, 6.07) is 9.89. The van der Waals surface area contributed by atoms with Gasteiger partial charge in [-0.15, -0.1) is 0 Å². The van der Waals surface area contributed by atoms with Crippen LogP contribution in [0.1, 0.15) is 28.7 Å². The number of hydrogen-bond donors (Lipinski definition) is 1. The number of piperazine rings is 1. The van der Waals surface area contributed by atoms with Crippen LogP contribution in [0, 0.1) is 13.8 Å². The van der Waals surface area contributed by atoms with Gasteiger partial charge in [-0.25, -0.2) is 0 Å². The van der Waals surface area contributed by atoms with E-state index in [0.717, 1.165) is 49.7 Å². The van der Waals surface area contributed by atoms with Crippen LogP contribution in [0.3, 0.4) is 0 Å². The minimum atomic E-state index is -0.412. The molecule has 2 heterocycles. The number of aromatic nitrogens is 1. The Hall–Kier alpha value is -1.69. The van der Waals surface area contributed by atoms with Crippen molar-refractivity contribution in [1.82, 2.24) is 15.0 Å². The number of nitrogens with zero attached hydrogens (tertiary/aromatic N) is 3. The largest absolute Gasteiger partial charge is 0.387 e. The highest BCUT2D eigenvalue weighted by molar-refractivity contribution is 5.20. The van der Waals surface area contributed by atoms with Crippen molar-refractivity contribution < 1.29 is 9.63 Å². The lowest BCUT2D eigenvalue weighted by Gasteiger charge is -2.35. The second-order valence-electron chi connectivity index (χ2n) is 6.31. The molecule has 0 saturated carbocycles. The maximum atomic E-state index is 10.3. The van der Waals surface area contributed by atoms with Gasteiger partial charge in [-0.1, -0.05) is 35.5 Å². The molecule has 23 heavy (non-hydrogen) atoms. The Labute approximate surface area is 137 Å². The normalized spacial score (nSPS) is 18.2. The van der Waals surface area contributed by atoms with Crippen molar-refractivity contribution in [3.05, 3.63) is 52.9 Å². The topological polar surface area (TPSA) is 52.7 Å². The number of aliphatic hydroxyl groups excluding tert-OH is 1. The van der Waals surface area contributed by atoms with E-state index in [2.05, 4.69) is 15.0 Å². The van der Waals surface area contributed by atoms with E-state index in [4.69, 9.17) is 4.52 Å². The van der Waals surface area contributed by atoms with E-state index in [1.807, 2.05) is 44.2 Å². The summed E-state index contributed by atoms with van der Waals surface area (Å²) in [5.41, 5.74) is 3.19. The smallest absolute Gasteiger partial charge is 0.138 e. The van der Waals surface area contributed by atoms with Gasteiger partial charge in [0.2, 0.25) is 0 Å². The van der Waals surface area contributed by atoms with E-state index in [1.165, 1.54) is 5.56 Å². The number of β-amino-alcohol motifs (C(OH)–C–C–N with tert-alkyl or cyclic N) is 1. The maximum Gasteiger partial charge on any atom is 0.138 e. The Kier molecular flexibility index (Phi) is 5.10. The summed E-state index contributed by atoms with van der Waals surface area (Å²) in [6.07, 6.45) is -0.412. The van der Waals surface area contributed by atoms with Crippen LogP contribution in [0.5, 0.6) is 0 Å². The van der Waals surface area contributed by atoms with E-state index in [-0.39, 0.29) is 0 Å². The van der Waals surface area contributed by atoms with Crippen LogP contribution in [0.4, 0.5) is 0 Å². The molecule has 0 radical (unpaired) electrons. The summed E-state index contributed by atoms with van der Waals surface area (Å²) in [4.78, 5) is 4.76. The van der Waals surface area contributed by atoms with Crippen LogP contribution in [0.25, 0.3) is 0 Å². The highest BCUT2D eigenvalue weighted by Gasteiger charge is 2.21. The van der Waals surface area contributed by atoms with Gasteiger partial charge in [-0.3, -0.25) is 9.80 Å². The lowest BCUT2D eigenvalue weighted by atomic mass is 10.1. The van der Waals surface area contributed by atoms with Crippen LogP contribution in [-0.4, -0.2) is 52.8 Å². The van der Waals surface area contributed by atoms with Crippen LogP contribution < -0.4 is 0 Å². The molecule has 2 aromatic rings. The average Bonchev–Trinajstić information content (AvgIpc) is 2.89. The second kappa shape index (κ2) is 7.25. The first-order chi connectivity index (χ1) is 11.1. The van der Waals surface area contributed by atoms with Gasteiger partial charge in [-0.2, -0.15) is 0 Å². The molecule has 1 fully saturated rings. The molecular weight excluding hydrogens is 290 g/mol. The summed E-state index contributed by atoms with van der Waals surface area (Å²) in [7, 11) is 0. The van der Waals surface area contributed by atoms with Gasteiger partial charge in [0.05, 0.1) is 11.8 Å². The molecule has 0 spiro atoms. The first kappa shape index (κ1) is 16.2. The third kappa shape index (κ3) is 3.99. The van der Waals surface area contributed by atoms with Gasteiger partial charge in [0.15, 0.2) is 0 Å². The fourth-order valence-electron chi connectivity index (χ4n) is 3.11. The van der Waals surface area contributed by atoms with Crippen molar-refractivity contribution in [2.24, 2.45) is 0 Å². The Bertz CT molecular complexity index is 599. The van der Waals surface area contributed by atoms with E-state index in [9.17, 15) is 5.11 Å². The van der Waals surface area contributed by atoms with Gasteiger partial charge in [0.1, 0.15) is 5.76 Å². The van der Waals surface area contributed by atoms with E-state index in [0.29, 0.717) is 6.54 Å². The molecule has 0 amide bonds. The molecule has 1 aliphatic rings. The zero-order valence-corrected chi connectivity index (χ0v) is 13.9. The molecule has 3 rings (SSSR count). The first-order valence-corrected chi connectivity index (χ1v) is 8.23. The third-order valence-electron chi connectivity index (χ3n) is 4.64. The molecule has 1 aliphatic heterocycles. The fourth-order valence-corrected chi connectivity index (χ4v) is 3.11. The summed E-state index contributed by atoms with van der Waals surface area (Å²) in [5.74, 6) is 0.921. The zero-order valence-electron chi connectivity index (χ0n) is 13.9. The Balaban J connectivity index is 1.49. The molecule has 124 valence electrons.